The number of amides is 1. The largest absolute Gasteiger partial charge is 0.378 e. The van der Waals surface area contributed by atoms with Gasteiger partial charge < -0.3 is 20.3 Å². The molecular weight excluding hydrogens is 406 g/mol. The molecule has 0 atom stereocenters. The number of carbonyl (C=O) groups excluding carboxylic acids is 1. The molecule has 10 heteroatoms. The zero-order valence-electron chi connectivity index (χ0n) is 18.0. The van der Waals surface area contributed by atoms with Crippen LogP contribution in [0.15, 0.2) is 35.3 Å². The number of anilines is 1. The molecule has 1 aromatic carbocycles. The molecule has 1 heterocycles. The summed E-state index contributed by atoms with van der Waals surface area (Å²) < 4.78 is 31.8. The first kappa shape index (κ1) is 24.1. The number of para-hydroxylation sites is 1. The van der Waals surface area contributed by atoms with Crippen LogP contribution in [0, 0.1) is 0 Å². The molecule has 1 amide bonds. The van der Waals surface area contributed by atoms with E-state index in [-0.39, 0.29) is 30.9 Å². The normalized spacial score (nSPS) is 16.0. The van der Waals surface area contributed by atoms with Crippen molar-refractivity contribution in [2.24, 2.45) is 4.99 Å². The van der Waals surface area contributed by atoms with Crippen molar-refractivity contribution in [3.05, 3.63) is 30.3 Å². The summed E-state index contributed by atoms with van der Waals surface area (Å²) in [5.41, 5.74) is 0.725. The van der Waals surface area contributed by atoms with Crippen LogP contribution < -0.4 is 10.6 Å². The van der Waals surface area contributed by atoms with Crippen molar-refractivity contribution in [2.75, 3.05) is 56.9 Å². The van der Waals surface area contributed by atoms with E-state index in [9.17, 15) is 13.2 Å². The molecule has 2 rings (SSSR count). The van der Waals surface area contributed by atoms with Gasteiger partial charge in [0, 0.05) is 38.4 Å². The van der Waals surface area contributed by atoms with Gasteiger partial charge >= 0.3 is 0 Å². The van der Waals surface area contributed by atoms with Gasteiger partial charge in [-0.2, -0.15) is 4.31 Å². The maximum atomic E-state index is 12.5. The van der Waals surface area contributed by atoms with Crippen LogP contribution in [-0.4, -0.2) is 87.2 Å². The molecule has 168 valence electrons. The summed E-state index contributed by atoms with van der Waals surface area (Å²) in [6.45, 7) is 8.34. The minimum atomic E-state index is -3.34. The lowest BCUT2D eigenvalue weighted by molar-refractivity contribution is -0.114. The molecule has 30 heavy (non-hydrogen) atoms. The van der Waals surface area contributed by atoms with E-state index in [0.29, 0.717) is 38.7 Å². The average Bonchev–Trinajstić information content (AvgIpc) is 2.71. The van der Waals surface area contributed by atoms with Gasteiger partial charge in [-0.15, -0.1) is 0 Å². The highest BCUT2D eigenvalue weighted by molar-refractivity contribution is 7.89. The summed E-state index contributed by atoms with van der Waals surface area (Å²) >= 11 is 0. The fourth-order valence-corrected chi connectivity index (χ4v) is 4.28. The Morgan fingerprint density at radius 3 is 2.43 bits per heavy atom. The number of benzene rings is 1. The maximum absolute atomic E-state index is 12.5. The molecule has 9 nitrogen and oxygen atoms in total. The van der Waals surface area contributed by atoms with E-state index in [1.165, 1.54) is 4.31 Å². The fraction of sp³-hybridized carbons (Fsp3) is 0.600. The SMILES string of the molecule is CCNC(=NCC(=O)Nc1ccccc1)N1CCN(S(=O)(=O)CCOC(C)C)CC1. The highest BCUT2D eigenvalue weighted by Crippen LogP contribution is 2.09. The molecular formula is C20H33N5O4S. The number of ether oxygens (including phenoxy) is 1. The van der Waals surface area contributed by atoms with Gasteiger partial charge in [0.2, 0.25) is 15.9 Å². The first-order valence-corrected chi connectivity index (χ1v) is 11.9. The van der Waals surface area contributed by atoms with E-state index in [1.54, 1.807) is 0 Å². The fourth-order valence-electron chi connectivity index (χ4n) is 2.99. The monoisotopic (exact) mass is 439 g/mol. The number of hydrogen-bond acceptors (Lipinski definition) is 5. The molecule has 0 bridgehead atoms. The van der Waals surface area contributed by atoms with E-state index in [4.69, 9.17) is 4.74 Å². The van der Waals surface area contributed by atoms with Crippen molar-refractivity contribution >= 4 is 27.6 Å². The lowest BCUT2D eigenvalue weighted by Gasteiger charge is -2.35. The molecule has 2 N–H and O–H groups in total. The van der Waals surface area contributed by atoms with E-state index in [0.717, 1.165) is 5.69 Å². The summed E-state index contributed by atoms with van der Waals surface area (Å²) in [7, 11) is -3.34. The average molecular weight is 440 g/mol. The van der Waals surface area contributed by atoms with E-state index in [2.05, 4.69) is 15.6 Å². The quantitative estimate of drug-likeness (QED) is 0.439. The zero-order chi connectivity index (χ0) is 22.0. The number of aliphatic imine (C=N–C) groups is 1. The molecule has 0 saturated carbocycles. The first-order chi connectivity index (χ1) is 14.3. The Hall–Kier alpha value is -2.17. The highest BCUT2D eigenvalue weighted by Gasteiger charge is 2.28. The van der Waals surface area contributed by atoms with Crippen LogP contribution in [0.25, 0.3) is 0 Å². The van der Waals surface area contributed by atoms with Gasteiger partial charge in [-0.05, 0) is 32.9 Å². The minimum Gasteiger partial charge on any atom is -0.378 e. The van der Waals surface area contributed by atoms with Gasteiger partial charge in [0.15, 0.2) is 5.96 Å². The number of sulfonamides is 1. The topological polar surface area (TPSA) is 103 Å². The number of carbonyl (C=O) groups is 1. The Morgan fingerprint density at radius 1 is 1.17 bits per heavy atom. The predicted molar refractivity (Wildman–Crippen MR) is 119 cm³/mol. The molecule has 0 spiro atoms. The number of guanidine groups is 1. The molecule has 1 aliphatic rings. The molecule has 0 unspecified atom stereocenters. The summed E-state index contributed by atoms with van der Waals surface area (Å²) in [5.74, 6) is 0.391. The van der Waals surface area contributed by atoms with Crippen LogP contribution in [0.1, 0.15) is 20.8 Å². The summed E-state index contributed by atoms with van der Waals surface area (Å²) in [6, 6.07) is 9.22. The Balaban J connectivity index is 1.88. The van der Waals surface area contributed by atoms with Crippen molar-refractivity contribution in [3.63, 3.8) is 0 Å². The van der Waals surface area contributed by atoms with Gasteiger partial charge in [-0.3, -0.25) is 4.79 Å². The smallest absolute Gasteiger partial charge is 0.246 e. The molecule has 1 aromatic rings. The predicted octanol–water partition coefficient (Wildman–Crippen LogP) is 0.963. The van der Waals surface area contributed by atoms with E-state index >= 15 is 0 Å². The van der Waals surface area contributed by atoms with E-state index in [1.807, 2.05) is 56.0 Å². The Kier molecular flexibility index (Phi) is 9.54. The second kappa shape index (κ2) is 11.9. The minimum absolute atomic E-state index is 0.00928. The van der Waals surface area contributed by atoms with Crippen molar-refractivity contribution < 1.29 is 17.9 Å². The Labute approximate surface area is 179 Å². The van der Waals surface area contributed by atoms with Crippen molar-refractivity contribution in [1.29, 1.82) is 0 Å². The second-order valence-corrected chi connectivity index (χ2v) is 9.29. The van der Waals surface area contributed by atoms with Crippen molar-refractivity contribution in [2.45, 2.75) is 26.9 Å². The standard InChI is InChI=1S/C20H33N5O4S/c1-4-21-20(22-16-19(26)23-18-8-6-5-7-9-18)24-10-12-25(13-11-24)30(27,28)15-14-29-17(2)3/h5-9,17H,4,10-16H2,1-3H3,(H,21,22)(H,23,26). The Morgan fingerprint density at radius 2 is 1.83 bits per heavy atom. The number of rotatable bonds is 9. The van der Waals surface area contributed by atoms with Crippen molar-refractivity contribution in [3.8, 4) is 0 Å². The van der Waals surface area contributed by atoms with E-state index < -0.39 is 10.0 Å². The number of nitrogens with zero attached hydrogens (tertiary/aromatic N) is 3. The number of hydrogen-bond donors (Lipinski definition) is 2. The van der Waals surface area contributed by atoms with Crippen LogP contribution in [0.2, 0.25) is 0 Å². The molecule has 0 aromatic heterocycles. The maximum Gasteiger partial charge on any atom is 0.246 e. The summed E-state index contributed by atoms with van der Waals surface area (Å²) in [5, 5.41) is 5.98. The molecule has 1 fully saturated rings. The third-order valence-electron chi connectivity index (χ3n) is 4.49. The zero-order valence-corrected chi connectivity index (χ0v) is 18.8. The lowest BCUT2D eigenvalue weighted by Crippen LogP contribution is -2.54. The van der Waals surface area contributed by atoms with Gasteiger partial charge in [0.1, 0.15) is 6.54 Å². The highest BCUT2D eigenvalue weighted by atomic mass is 32.2. The number of piperazine rings is 1. The molecule has 0 radical (unpaired) electrons. The van der Waals surface area contributed by atoms with Crippen molar-refractivity contribution in [1.82, 2.24) is 14.5 Å². The third kappa shape index (κ3) is 7.92. The summed E-state index contributed by atoms with van der Waals surface area (Å²) in [4.78, 5) is 18.6. The van der Waals surface area contributed by atoms with Gasteiger partial charge in [0.25, 0.3) is 0 Å². The molecule has 1 saturated heterocycles. The van der Waals surface area contributed by atoms with Gasteiger partial charge in [0.05, 0.1) is 18.5 Å². The Bertz CT molecular complexity index is 791. The van der Waals surface area contributed by atoms with Gasteiger partial charge in [-0.25, -0.2) is 13.4 Å². The third-order valence-corrected chi connectivity index (χ3v) is 6.32. The van der Waals surface area contributed by atoms with Gasteiger partial charge in [-0.1, -0.05) is 18.2 Å². The van der Waals surface area contributed by atoms with Crippen LogP contribution in [0.4, 0.5) is 5.69 Å². The van der Waals surface area contributed by atoms with Crippen LogP contribution in [-0.2, 0) is 19.6 Å². The van der Waals surface area contributed by atoms with Crippen LogP contribution in [0.5, 0.6) is 0 Å². The summed E-state index contributed by atoms with van der Waals surface area (Å²) in [6.07, 6.45) is 0.00928. The second-order valence-electron chi connectivity index (χ2n) is 7.21. The number of nitrogens with one attached hydrogen (secondary N) is 2. The van der Waals surface area contributed by atoms with Crippen LogP contribution in [0.3, 0.4) is 0 Å². The lowest BCUT2D eigenvalue weighted by atomic mass is 10.3. The molecule has 1 aliphatic heterocycles. The first-order valence-electron chi connectivity index (χ1n) is 10.3. The molecule has 0 aliphatic carbocycles. The van der Waals surface area contributed by atoms with Crippen LogP contribution >= 0.6 is 0 Å².